The molecule has 3 saturated carbocycles. The summed E-state index contributed by atoms with van der Waals surface area (Å²) < 4.78 is 18.7. The third kappa shape index (κ3) is 8.96. The van der Waals surface area contributed by atoms with Gasteiger partial charge in [0, 0.05) is 47.3 Å². The lowest BCUT2D eigenvalue weighted by molar-refractivity contribution is -0.154. The molecule has 4 aliphatic carbocycles. The van der Waals surface area contributed by atoms with Crippen molar-refractivity contribution in [3.8, 4) is 11.5 Å². The number of fused-ring (bicyclic) bond motifs is 1. The van der Waals surface area contributed by atoms with Crippen LogP contribution in [0.3, 0.4) is 0 Å². The number of esters is 1. The molecule has 0 heterocycles. The van der Waals surface area contributed by atoms with Gasteiger partial charge in [0.25, 0.3) is 0 Å². The van der Waals surface area contributed by atoms with Crippen molar-refractivity contribution >= 4 is 45.4 Å². The van der Waals surface area contributed by atoms with E-state index in [0.29, 0.717) is 25.0 Å². The molecule has 0 spiro atoms. The Balaban J connectivity index is 1.37. The number of ether oxygens (including phenoxy) is 3. The highest BCUT2D eigenvalue weighted by atomic mass is 16.5. The summed E-state index contributed by atoms with van der Waals surface area (Å²) in [5, 5.41) is 1.83. The Bertz CT molecular complexity index is 2050. The van der Waals surface area contributed by atoms with E-state index in [9.17, 15) is 19.2 Å². The van der Waals surface area contributed by atoms with E-state index >= 15 is 4.79 Å². The van der Waals surface area contributed by atoms with Crippen LogP contribution in [0, 0.1) is 47.3 Å². The normalized spacial score (nSPS) is 26.3. The maximum absolute atomic E-state index is 15.0. The number of Topliss-reactive ketones (excluding diaryl/α,β-unsaturated/α-hetero) is 4. The first-order chi connectivity index (χ1) is 27.3. The van der Waals surface area contributed by atoms with Crippen molar-refractivity contribution in [2.75, 3.05) is 7.11 Å². The number of ketones is 4. The van der Waals surface area contributed by atoms with Crippen LogP contribution < -0.4 is 9.47 Å². The first kappa shape index (κ1) is 43.3. The van der Waals surface area contributed by atoms with Crippen LogP contribution in [-0.2, 0) is 28.7 Å². The molecule has 8 heteroatoms. The van der Waals surface area contributed by atoms with Gasteiger partial charge in [-0.1, -0.05) is 58.4 Å². The molecule has 0 aliphatic heterocycles. The second-order valence-corrected chi connectivity index (χ2v) is 19.4. The molecule has 0 saturated heterocycles. The number of carbonyl (C=O) groups excluding carboxylic acids is 5. The second kappa shape index (κ2) is 16.7. The molecule has 6 rings (SSSR count). The fraction of sp³-hybridized carbons (Fsp3) is 0.580. The highest BCUT2D eigenvalue weighted by Gasteiger charge is 2.60. The molecule has 0 radical (unpaired) electrons. The fourth-order valence-electron chi connectivity index (χ4n) is 9.93. The standard InChI is InChI=1S/C50H64O8/c1-11-35-25-50(35,31(5)51)28-43(53)39-26-49(9,27-40(39)47(55)41(48(6,7)8)24-46(54)57-36-14-12-13-15-36)58-45-23-34(22-38-30(4)44(56-10)19-18-37(38)45)33-17-16-32(20-33)21-42(52)29(2)3/h11,17-20,22-23,29,35-36,39-41H,1,12-16,21,24-28H2,2-10H3. The molecule has 3 fully saturated rings. The Labute approximate surface area is 345 Å². The molecule has 2 aromatic carbocycles. The summed E-state index contributed by atoms with van der Waals surface area (Å²) in [6.07, 6.45) is 11.9. The number of rotatable bonds is 17. The van der Waals surface area contributed by atoms with Gasteiger partial charge in [0.2, 0.25) is 0 Å². The van der Waals surface area contributed by atoms with Gasteiger partial charge in [0.05, 0.1) is 13.5 Å². The van der Waals surface area contributed by atoms with Crippen LogP contribution in [0.4, 0.5) is 0 Å². The van der Waals surface area contributed by atoms with E-state index in [2.05, 4.69) is 24.8 Å². The van der Waals surface area contributed by atoms with Gasteiger partial charge in [-0.3, -0.25) is 24.0 Å². The minimum absolute atomic E-state index is 0.0334. The average molecular weight is 793 g/mol. The van der Waals surface area contributed by atoms with Crippen LogP contribution >= 0.6 is 0 Å². The Morgan fingerprint density at radius 1 is 0.966 bits per heavy atom. The monoisotopic (exact) mass is 792 g/mol. The van der Waals surface area contributed by atoms with Crippen molar-refractivity contribution in [1.29, 1.82) is 0 Å². The summed E-state index contributed by atoms with van der Waals surface area (Å²) >= 11 is 0. The van der Waals surface area contributed by atoms with E-state index in [0.717, 1.165) is 64.5 Å². The third-order valence-corrected chi connectivity index (χ3v) is 13.8. The summed E-state index contributed by atoms with van der Waals surface area (Å²) in [6, 6.07) is 8.08. The summed E-state index contributed by atoms with van der Waals surface area (Å²) in [5.41, 5.74) is 1.67. The smallest absolute Gasteiger partial charge is 0.306 e. The molecule has 2 aromatic rings. The van der Waals surface area contributed by atoms with Crippen LogP contribution in [-0.4, -0.2) is 47.9 Å². The lowest BCUT2D eigenvalue weighted by atomic mass is 9.70. The fourth-order valence-corrected chi connectivity index (χ4v) is 9.93. The SMILES string of the molecule is C=CC1CC1(CC(=O)C1CC(C)(Oc2cc(C3=CCC(CC(=O)C(C)C)=C3)cc3c(C)c(OC)ccc23)CC1C(=O)C(CC(=O)OC1CCCC1)C(C)(C)C)C(C)=O. The molecule has 0 bridgehead atoms. The number of carbonyl (C=O) groups is 5. The van der Waals surface area contributed by atoms with E-state index < -0.39 is 34.2 Å². The number of hydrogen-bond donors (Lipinski definition) is 0. The number of hydrogen-bond acceptors (Lipinski definition) is 8. The van der Waals surface area contributed by atoms with E-state index in [1.54, 1.807) is 20.1 Å². The molecule has 6 unspecified atom stereocenters. The van der Waals surface area contributed by atoms with Gasteiger partial charge < -0.3 is 14.2 Å². The molecule has 0 N–H and O–H groups in total. The zero-order valence-electron chi connectivity index (χ0n) is 36.3. The highest BCUT2D eigenvalue weighted by Crippen LogP contribution is 2.58. The van der Waals surface area contributed by atoms with E-state index in [1.807, 2.05) is 66.7 Å². The van der Waals surface area contributed by atoms with Gasteiger partial charge in [-0.25, -0.2) is 0 Å². The lowest BCUT2D eigenvalue weighted by Crippen LogP contribution is -2.39. The number of benzene rings is 2. The number of methoxy groups -OCH3 is 1. The Morgan fingerprint density at radius 3 is 2.26 bits per heavy atom. The molecule has 8 nitrogen and oxygen atoms in total. The largest absolute Gasteiger partial charge is 0.496 e. The molecule has 58 heavy (non-hydrogen) atoms. The van der Waals surface area contributed by atoms with Gasteiger partial charge in [-0.05, 0) is 130 Å². The van der Waals surface area contributed by atoms with Crippen LogP contribution in [0.15, 0.2) is 54.6 Å². The van der Waals surface area contributed by atoms with Crippen LogP contribution in [0.2, 0.25) is 0 Å². The van der Waals surface area contributed by atoms with Crippen molar-refractivity contribution in [3.63, 3.8) is 0 Å². The summed E-state index contributed by atoms with van der Waals surface area (Å²) in [6.45, 7) is 19.2. The van der Waals surface area contributed by atoms with E-state index in [-0.39, 0.29) is 72.7 Å². The van der Waals surface area contributed by atoms with Gasteiger partial charge in [0.15, 0.2) is 0 Å². The third-order valence-electron chi connectivity index (χ3n) is 13.8. The quantitative estimate of drug-likeness (QED) is 0.115. The number of aryl methyl sites for hydroxylation is 1. The van der Waals surface area contributed by atoms with Crippen molar-refractivity contribution in [3.05, 3.63) is 65.8 Å². The van der Waals surface area contributed by atoms with Crippen LogP contribution in [0.25, 0.3) is 16.3 Å². The molecule has 312 valence electrons. The van der Waals surface area contributed by atoms with Gasteiger partial charge in [0.1, 0.15) is 46.3 Å². The lowest BCUT2D eigenvalue weighted by Gasteiger charge is -2.33. The van der Waals surface area contributed by atoms with Gasteiger partial charge >= 0.3 is 5.97 Å². The summed E-state index contributed by atoms with van der Waals surface area (Å²) in [7, 11) is 1.65. The first-order valence-corrected chi connectivity index (χ1v) is 21.4. The maximum atomic E-state index is 15.0. The predicted molar refractivity (Wildman–Crippen MR) is 228 cm³/mol. The van der Waals surface area contributed by atoms with Gasteiger partial charge in [-0.15, -0.1) is 6.58 Å². The van der Waals surface area contributed by atoms with Crippen molar-refractivity contribution in [2.45, 2.75) is 138 Å². The zero-order chi connectivity index (χ0) is 42.3. The predicted octanol–water partition coefficient (Wildman–Crippen LogP) is 10.5. The highest BCUT2D eigenvalue weighted by molar-refractivity contribution is 5.99. The topological polar surface area (TPSA) is 113 Å². The zero-order valence-corrected chi connectivity index (χ0v) is 36.3. The Hall–Kier alpha value is -4.33. The van der Waals surface area contributed by atoms with Gasteiger partial charge in [-0.2, -0.15) is 0 Å². The molecular weight excluding hydrogens is 729 g/mol. The van der Waals surface area contributed by atoms with Crippen molar-refractivity contribution < 1.29 is 38.2 Å². The molecule has 0 amide bonds. The van der Waals surface area contributed by atoms with E-state index in [1.165, 1.54) is 0 Å². The molecule has 0 aromatic heterocycles. The van der Waals surface area contributed by atoms with Crippen molar-refractivity contribution in [1.82, 2.24) is 0 Å². The second-order valence-electron chi connectivity index (χ2n) is 19.4. The Kier molecular flexibility index (Phi) is 12.5. The van der Waals surface area contributed by atoms with E-state index in [4.69, 9.17) is 14.2 Å². The van der Waals surface area contributed by atoms with Crippen molar-refractivity contribution in [2.24, 2.45) is 40.4 Å². The number of allylic oxidation sites excluding steroid dienone is 5. The van der Waals surface area contributed by atoms with Crippen LogP contribution in [0.1, 0.15) is 130 Å². The maximum Gasteiger partial charge on any atom is 0.306 e. The minimum Gasteiger partial charge on any atom is -0.496 e. The minimum atomic E-state index is -0.938. The van der Waals surface area contributed by atoms with Crippen LogP contribution in [0.5, 0.6) is 11.5 Å². The average Bonchev–Trinajstić information content (AvgIpc) is 3.51. The molecular formula is C50H64O8. The molecule has 4 aliphatic rings. The first-order valence-electron chi connectivity index (χ1n) is 21.4. The Morgan fingerprint density at radius 2 is 1.66 bits per heavy atom. The molecule has 6 atom stereocenters. The summed E-state index contributed by atoms with van der Waals surface area (Å²) in [5.74, 6) is -1.27. The summed E-state index contributed by atoms with van der Waals surface area (Å²) in [4.78, 5) is 68.7.